The maximum atomic E-state index is 15.0. The Morgan fingerprint density at radius 1 is 1.06 bits per heavy atom. The number of nitrogens with zero attached hydrogens (tertiary/aromatic N) is 5. The molecule has 0 bridgehead atoms. The molecule has 2 aromatic rings. The van der Waals surface area contributed by atoms with E-state index >= 15 is 0 Å². The maximum Gasteiger partial charge on any atom is 0.325 e. The number of likely N-dealkylation sites (tertiary alicyclic amines) is 1. The number of carbonyl (C=O) groups is 2. The van der Waals surface area contributed by atoms with Crippen molar-refractivity contribution in [3.63, 3.8) is 0 Å². The Balaban J connectivity index is 1.75. The van der Waals surface area contributed by atoms with Gasteiger partial charge in [-0.15, -0.1) is 0 Å². The second-order valence-corrected chi connectivity index (χ2v) is 17.2. The minimum atomic E-state index is -0.627. The first-order valence-corrected chi connectivity index (χ1v) is 20.2. The monoisotopic (exact) mass is 765 g/mol. The Kier molecular flexibility index (Phi) is 15.0. The number of allylic oxidation sites excluding steroid dienone is 3. The van der Waals surface area contributed by atoms with E-state index in [2.05, 4.69) is 61.5 Å². The molecule has 0 N–H and O–H groups in total. The zero-order valence-electron chi connectivity index (χ0n) is 33.4. The number of amides is 3. The first-order valence-electron chi connectivity index (χ1n) is 19.4. The number of benzene rings is 1. The molecule has 0 radical (unpaired) electrons. The van der Waals surface area contributed by atoms with Gasteiger partial charge in [0, 0.05) is 71.4 Å². The van der Waals surface area contributed by atoms with E-state index in [0.29, 0.717) is 53.3 Å². The third-order valence-corrected chi connectivity index (χ3v) is 10.8. The van der Waals surface area contributed by atoms with Crippen LogP contribution in [0.25, 0.3) is 0 Å². The summed E-state index contributed by atoms with van der Waals surface area (Å²) < 4.78 is 6.31. The maximum absolute atomic E-state index is 15.0. The number of aromatic nitrogens is 1. The topological polar surface area (TPSA) is 78.3 Å². The predicted octanol–water partition coefficient (Wildman–Crippen LogP) is 10.4. The van der Waals surface area contributed by atoms with Crippen molar-refractivity contribution in [3.05, 3.63) is 81.6 Å². The average molecular weight is 767 g/mol. The van der Waals surface area contributed by atoms with Gasteiger partial charge in [-0.25, -0.2) is 4.79 Å². The van der Waals surface area contributed by atoms with Gasteiger partial charge in [0.15, 0.2) is 0 Å². The fraction of sp³-hybridized carbons (Fsp3) is 0.581. The molecule has 1 aromatic carbocycles. The lowest BCUT2D eigenvalue weighted by molar-refractivity contribution is -0.134. The number of pyridine rings is 1. The van der Waals surface area contributed by atoms with Gasteiger partial charge in [-0.2, -0.15) is 0 Å². The number of aliphatic imine (C=N–C) groups is 1. The molecule has 53 heavy (non-hydrogen) atoms. The Morgan fingerprint density at radius 3 is 2.30 bits per heavy atom. The molecule has 1 aromatic heterocycles. The Morgan fingerprint density at radius 2 is 1.74 bits per heavy atom. The molecular weight excluding hydrogens is 705 g/mol. The second kappa shape index (κ2) is 18.8. The van der Waals surface area contributed by atoms with Crippen molar-refractivity contribution in [2.45, 2.75) is 124 Å². The van der Waals surface area contributed by atoms with Crippen molar-refractivity contribution in [2.75, 3.05) is 26.2 Å². The number of halogens is 2. The van der Waals surface area contributed by atoms with E-state index in [4.69, 9.17) is 37.9 Å². The number of unbranched alkanes of at least 4 members (excludes halogenated alkanes) is 1. The highest BCUT2D eigenvalue weighted by atomic mass is 35.5. The van der Waals surface area contributed by atoms with Crippen LogP contribution in [0.5, 0.6) is 5.75 Å². The van der Waals surface area contributed by atoms with Crippen LogP contribution in [-0.4, -0.2) is 75.3 Å². The molecule has 2 aliphatic rings. The zero-order valence-corrected chi connectivity index (χ0v) is 34.9. The van der Waals surface area contributed by atoms with E-state index in [1.165, 1.54) is 0 Å². The molecule has 290 valence electrons. The van der Waals surface area contributed by atoms with Gasteiger partial charge >= 0.3 is 6.03 Å². The van der Waals surface area contributed by atoms with Gasteiger partial charge in [0.25, 0.3) is 0 Å². The Bertz CT molecular complexity index is 1640. The van der Waals surface area contributed by atoms with E-state index in [1.54, 1.807) is 4.90 Å². The number of carbonyl (C=O) groups excluding carboxylic acids is 2. The molecule has 0 spiro atoms. The highest BCUT2D eigenvalue weighted by molar-refractivity contribution is 6.31. The van der Waals surface area contributed by atoms with Crippen LogP contribution in [0, 0.1) is 11.8 Å². The van der Waals surface area contributed by atoms with Crippen LogP contribution in [0.3, 0.4) is 0 Å². The summed E-state index contributed by atoms with van der Waals surface area (Å²) in [4.78, 5) is 44.5. The summed E-state index contributed by atoms with van der Waals surface area (Å²) in [6.07, 6.45) is 12.7. The minimum absolute atomic E-state index is 0.0425. The Labute approximate surface area is 328 Å². The van der Waals surface area contributed by atoms with Gasteiger partial charge in [-0.05, 0) is 90.0 Å². The van der Waals surface area contributed by atoms with Crippen LogP contribution in [0.4, 0.5) is 4.79 Å². The molecule has 1 fully saturated rings. The van der Waals surface area contributed by atoms with Gasteiger partial charge in [0.1, 0.15) is 11.6 Å². The third-order valence-electron chi connectivity index (χ3n) is 10.3. The number of ether oxygens (including phenoxy) is 1. The second-order valence-electron chi connectivity index (χ2n) is 16.3. The first kappa shape index (κ1) is 42.4. The van der Waals surface area contributed by atoms with Gasteiger partial charge in [-0.3, -0.25) is 19.7 Å². The minimum Gasteiger partial charge on any atom is -0.493 e. The molecule has 0 saturated carbocycles. The summed E-state index contributed by atoms with van der Waals surface area (Å²) in [6.45, 7) is 21.4. The normalized spacial score (nSPS) is 17.2. The summed E-state index contributed by atoms with van der Waals surface area (Å²) >= 11 is 12.6. The standard InChI is InChI=1S/C43H61Cl2N5O3/c1-10-12-23-49(30(3)4)39(51)26-31-21-24-48(25-22-31)41(52)50(29-32-13-17-34(44)18-14-32)40(47-43(8,9)33-15-19-35(45)20-16-33)36-28-46-38(42(5,6)7)27-37(36)53-11-2/h13-15,17-20,27-28,30-31,33H,10-12,16,21-26,29H2,1-9H3. The number of piperidine rings is 1. The van der Waals surface area contributed by atoms with Crippen molar-refractivity contribution >= 4 is 41.0 Å². The number of rotatable bonds is 13. The molecule has 8 nitrogen and oxygen atoms in total. The van der Waals surface area contributed by atoms with Crippen LogP contribution in [-0.2, 0) is 16.8 Å². The van der Waals surface area contributed by atoms with Crippen LogP contribution >= 0.6 is 23.2 Å². The molecule has 1 saturated heterocycles. The van der Waals surface area contributed by atoms with E-state index in [9.17, 15) is 9.59 Å². The molecule has 4 rings (SSSR count). The smallest absolute Gasteiger partial charge is 0.325 e. The molecule has 1 aliphatic carbocycles. The lowest BCUT2D eigenvalue weighted by Gasteiger charge is -2.38. The van der Waals surface area contributed by atoms with E-state index in [1.807, 2.05) is 65.4 Å². The van der Waals surface area contributed by atoms with Gasteiger partial charge < -0.3 is 14.5 Å². The van der Waals surface area contributed by atoms with Crippen molar-refractivity contribution in [3.8, 4) is 5.75 Å². The number of amidine groups is 1. The summed E-state index contributed by atoms with van der Waals surface area (Å²) in [7, 11) is 0. The Hall–Kier alpha value is -3.36. The van der Waals surface area contributed by atoms with Crippen molar-refractivity contribution < 1.29 is 14.3 Å². The van der Waals surface area contributed by atoms with Gasteiger partial charge in [-0.1, -0.05) is 81.6 Å². The number of hydrogen-bond donors (Lipinski definition) is 0. The predicted molar refractivity (Wildman–Crippen MR) is 219 cm³/mol. The molecule has 1 aliphatic heterocycles. The van der Waals surface area contributed by atoms with Gasteiger partial charge in [0.2, 0.25) is 5.91 Å². The first-order chi connectivity index (χ1) is 25.0. The zero-order chi connectivity index (χ0) is 38.9. The van der Waals surface area contributed by atoms with Crippen LogP contribution < -0.4 is 4.74 Å². The van der Waals surface area contributed by atoms with E-state index in [0.717, 1.165) is 49.9 Å². The number of hydrogen-bond acceptors (Lipinski definition) is 5. The highest BCUT2D eigenvalue weighted by Crippen LogP contribution is 2.35. The summed E-state index contributed by atoms with van der Waals surface area (Å²) in [6, 6.07) is 9.60. The van der Waals surface area contributed by atoms with Crippen LogP contribution in [0.2, 0.25) is 5.02 Å². The quantitative estimate of drug-likeness (QED) is 0.150. The van der Waals surface area contributed by atoms with E-state index < -0.39 is 5.54 Å². The fourth-order valence-electron chi connectivity index (χ4n) is 6.90. The molecule has 2 heterocycles. The molecular formula is C43H61Cl2N5O3. The average Bonchev–Trinajstić information content (AvgIpc) is 3.10. The third kappa shape index (κ3) is 11.6. The number of urea groups is 1. The largest absolute Gasteiger partial charge is 0.493 e. The van der Waals surface area contributed by atoms with E-state index in [-0.39, 0.29) is 41.8 Å². The fourth-order valence-corrected chi connectivity index (χ4v) is 7.19. The summed E-state index contributed by atoms with van der Waals surface area (Å²) in [5.74, 6) is 1.61. The highest BCUT2D eigenvalue weighted by Gasteiger charge is 2.36. The van der Waals surface area contributed by atoms with Crippen LogP contribution in [0.15, 0.2) is 64.8 Å². The van der Waals surface area contributed by atoms with Crippen molar-refractivity contribution in [1.29, 1.82) is 0 Å². The molecule has 1 unspecified atom stereocenters. The molecule has 1 atom stereocenters. The summed E-state index contributed by atoms with van der Waals surface area (Å²) in [5.41, 5.74) is 1.62. The summed E-state index contributed by atoms with van der Waals surface area (Å²) in [5, 5.41) is 1.34. The molecule has 3 amide bonds. The molecule has 10 heteroatoms. The van der Waals surface area contributed by atoms with Crippen molar-refractivity contribution in [2.24, 2.45) is 16.8 Å². The van der Waals surface area contributed by atoms with Crippen LogP contribution in [0.1, 0.15) is 118 Å². The SMILES string of the molecule is CCCCN(C(=O)CC1CCN(C(=O)N(Cc2ccc(Cl)cc2)C(=NC(C)(C)C2C=CC(Cl)=CC2)c2cnc(C(C)(C)C)cc2OCC)CC1)C(C)C. The lowest BCUT2D eigenvalue weighted by Crippen LogP contribution is -2.50. The van der Waals surface area contributed by atoms with Crippen molar-refractivity contribution in [1.82, 2.24) is 19.7 Å². The lowest BCUT2D eigenvalue weighted by atomic mass is 9.83. The van der Waals surface area contributed by atoms with Gasteiger partial charge in [0.05, 0.1) is 24.3 Å².